The Bertz CT molecular complexity index is 441. The van der Waals surface area contributed by atoms with Gasteiger partial charge in [-0.3, -0.25) is 4.79 Å². The van der Waals surface area contributed by atoms with Gasteiger partial charge in [-0.05, 0) is 31.5 Å². The summed E-state index contributed by atoms with van der Waals surface area (Å²) < 4.78 is 25.9. The summed E-state index contributed by atoms with van der Waals surface area (Å²) in [7, 11) is 1.62. The zero-order valence-corrected chi connectivity index (χ0v) is 12.0. The number of hydrogen-bond donors (Lipinski definition) is 1. The molecule has 1 amide bonds. The third kappa shape index (κ3) is 4.76. The van der Waals surface area contributed by atoms with Crippen LogP contribution < -0.4 is 5.73 Å². The van der Waals surface area contributed by atoms with Crippen molar-refractivity contribution in [3.05, 3.63) is 35.4 Å². The summed E-state index contributed by atoms with van der Waals surface area (Å²) in [5.74, 6) is -1.93. The monoisotopic (exact) mass is 292 g/mol. The van der Waals surface area contributed by atoms with E-state index in [9.17, 15) is 13.6 Å². The van der Waals surface area contributed by atoms with Crippen molar-refractivity contribution in [2.45, 2.75) is 32.4 Å². The third-order valence-electron chi connectivity index (χ3n) is 2.90. The van der Waals surface area contributed by atoms with Crippen LogP contribution in [-0.2, 0) is 4.79 Å². The standard InChI is InChI=1S/C13H18F2N2O.ClH/c1-8(16)6-13(18)17(3)9(2)10-4-5-11(14)12(15)7-10;/h4-5,7-9H,6,16H2,1-3H3;1H. The number of amides is 1. The first-order chi connectivity index (χ1) is 8.32. The first kappa shape index (κ1) is 17.8. The zero-order valence-electron chi connectivity index (χ0n) is 11.2. The first-order valence-electron chi connectivity index (χ1n) is 5.79. The Hall–Kier alpha value is -1.20. The van der Waals surface area contributed by atoms with Crippen molar-refractivity contribution in [3.8, 4) is 0 Å². The molecule has 19 heavy (non-hydrogen) atoms. The highest BCUT2D eigenvalue weighted by Gasteiger charge is 2.19. The van der Waals surface area contributed by atoms with Crippen molar-refractivity contribution in [2.75, 3.05) is 7.05 Å². The molecule has 0 radical (unpaired) electrons. The minimum atomic E-state index is -0.910. The summed E-state index contributed by atoms with van der Waals surface area (Å²) in [4.78, 5) is 13.3. The second-order valence-corrected chi connectivity index (χ2v) is 4.54. The normalized spacial score (nSPS) is 13.4. The van der Waals surface area contributed by atoms with Crippen molar-refractivity contribution >= 4 is 18.3 Å². The van der Waals surface area contributed by atoms with Gasteiger partial charge in [-0.25, -0.2) is 8.78 Å². The topological polar surface area (TPSA) is 46.3 Å². The van der Waals surface area contributed by atoms with Gasteiger partial charge in [0.1, 0.15) is 0 Å². The van der Waals surface area contributed by atoms with Gasteiger partial charge in [0.25, 0.3) is 0 Å². The molecule has 2 N–H and O–H groups in total. The number of benzene rings is 1. The minimum Gasteiger partial charge on any atom is -0.339 e. The summed E-state index contributed by atoms with van der Waals surface area (Å²) in [6.07, 6.45) is 0.227. The van der Waals surface area contributed by atoms with Gasteiger partial charge >= 0.3 is 0 Å². The Balaban J connectivity index is 0.00000324. The molecule has 1 aromatic carbocycles. The van der Waals surface area contributed by atoms with E-state index in [0.29, 0.717) is 5.56 Å². The summed E-state index contributed by atoms with van der Waals surface area (Å²) in [6.45, 7) is 3.50. The largest absolute Gasteiger partial charge is 0.339 e. The Labute approximate surface area is 118 Å². The molecule has 0 saturated heterocycles. The molecule has 1 rings (SSSR count). The fourth-order valence-corrected chi connectivity index (χ4v) is 1.63. The second-order valence-electron chi connectivity index (χ2n) is 4.54. The van der Waals surface area contributed by atoms with Crippen LogP contribution in [0.2, 0.25) is 0 Å². The van der Waals surface area contributed by atoms with Crippen LogP contribution >= 0.6 is 12.4 Å². The summed E-state index contributed by atoms with van der Waals surface area (Å²) in [6, 6.07) is 3.09. The van der Waals surface area contributed by atoms with Gasteiger partial charge in [0.15, 0.2) is 11.6 Å². The van der Waals surface area contributed by atoms with Crippen molar-refractivity contribution in [1.29, 1.82) is 0 Å². The van der Waals surface area contributed by atoms with Gasteiger partial charge in [-0.15, -0.1) is 12.4 Å². The molecule has 0 bridgehead atoms. The summed E-state index contributed by atoms with van der Waals surface area (Å²) in [5, 5.41) is 0. The number of rotatable bonds is 4. The smallest absolute Gasteiger partial charge is 0.224 e. The highest BCUT2D eigenvalue weighted by Crippen LogP contribution is 2.21. The molecule has 0 spiro atoms. The quantitative estimate of drug-likeness (QED) is 0.927. The number of nitrogens with zero attached hydrogens (tertiary/aromatic N) is 1. The molecule has 3 nitrogen and oxygen atoms in total. The van der Waals surface area contributed by atoms with Crippen LogP contribution in [0.4, 0.5) is 8.78 Å². The maximum Gasteiger partial charge on any atom is 0.224 e. The average Bonchev–Trinajstić information content (AvgIpc) is 2.30. The number of carbonyl (C=O) groups excluding carboxylic acids is 1. The molecule has 108 valence electrons. The van der Waals surface area contributed by atoms with Crippen LogP contribution in [0.5, 0.6) is 0 Å². The SMILES string of the molecule is CC(N)CC(=O)N(C)C(C)c1ccc(F)c(F)c1.Cl. The number of halogens is 3. The molecule has 0 aliphatic carbocycles. The fraction of sp³-hybridized carbons (Fsp3) is 0.462. The number of carbonyl (C=O) groups is 1. The predicted molar refractivity (Wildman–Crippen MR) is 73.1 cm³/mol. The molecule has 1 aromatic rings. The molecule has 0 fully saturated rings. The molecular weight excluding hydrogens is 274 g/mol. The Kier molecular flexibility index (Phi) is 6.94. The van der Waals surface area contributed by atoms with E-state index in [4.69, 9.17) is 5.73 Å². The third-order valence-corrected chi connectivity index (χ3v) is 2.90. The van der Waals surface area contributed by atoms with Gasteiger partial charge in [0.2, 0.25) is 5.91 Å². The van der Waals surface area contributed by atoms with Crippen LogP contribution in [0, 0.1) is 11.6 Å². The number of hydrogen-bond acceptors (Lipinski definition) is 2. The highest BCUT2D eigenvalue weighted by atomic mass is 35.5. The molecule has 0 aliphatic rings. The average molecular weight is 293 g/mol. The molecule has 0 heterocycles. The molecule has 6 heteroatoms. The molecule has 0 saturated carbocycles. The molecule has 2 atom stereocenters. The maximum absolute atomic E-state index is 13.1. The summed E-state index contributed by atoms with van der Waals surface area (Å²) in [5.41, 5.74) is 6.11. The van der Waals surface area contributed by atoms with Gasteiger partial charge < -0.3 is 10.6 Å². The first-order valence-corrected chi connectivity index (χ1v) is 5.79. The van der Waals surface area contributed by atoms with Gasteiger partial charge in [0.05, 0.1) is 6.04 Å². The van der Waals surface area contributed by atoms with E-state index in [1.165, 1.54) is 11.0 Å². The van der Waals surface area contributed by atoms with Crippen LogP contribution in [0.3, 0.4) is 0 Å². The van der Waals surface area contributed by atoms with Crippen molar-refractivity contribution < 1.29 is 13.6 Å². The lowest BCUT2D eigenvalue weighted by Gasteiger charge is -2.26. The lowest BCUT2D eigenvalue weighted by atomic mass is 10.1. The minimum absolute atomic E-state index is 0. The maximum atomic E-state index is 13.1. The van der Waals surface area contributed by atoms with E-state index in [2.05, 4.69) is 0 Å². The molecule has 0 aromatic heterocycles. The Morgan fingerprint density at radius 2 is 1.89 bits per heavy atom. The second kappa shape index (κ2) is 7.40. The summed E-state index contributed by atoms with van der Waals surface area (Å²) >= 11 is 0. The van der Waals surface area contributed by atoms with Gasteiger partial charge in [-0.1, -0.05) is 6.07 Å². The van der Waals surface area contributed by atoms with E-state index in [1.54, 1.807) is 20.9 Å². The van der Waals surface area contributed by atoms with Crippen LogP contribution in [-0.4, -0.2) is 23.9 Å². The lowest BCUT2D eigenvalue weighted by molar-refractivity contribution is -0.132. The van der Waals surface area contributed by atoms with E-state index in [-0.39, 0.29) is 36.8 Å². The highest BCUT2D eigenvalue weighted by molar-refractivity contribution is 5.85. The zero-order chi connectivity index (χ0) is 13.9. The van der Waals surface area contributed by atoms with Crippen LogP contribution in [0.25, 0.3) is 0 Å². The molecule has 0 aliphatic heterocycles. The van der Waals surface area contributed by atoms with Crippen molar-refractivity contribution in [2.24, 2.45) is 5.73 Å². The molecule has 2 unspecified atom stereocenters. The van der Waals surface area contributed by atoms with E-state index >= 15 is 0 Å². The van der Waals surface area contributed by atoms with E-state index in [1.807, 2.05) is 0 Å². The molecular formula is C13H19ClF2N2O. The lowest BCUT2D eigenvalue weighted by Crippen LogP contribution is -2.33. The van der Waals surface area contributed by atoms with Crippen LogP contribution in [0.15, 0.2) is 18.2 Å². The Morgan fingerprint density at radius 1 is 1.32 bits per heavy atom. The van der Waals surface area contributed by atoms with E-state index < -0.39 is 11.6 Å². The van der Waals surface area contributed by atoms with Crippen molar-refractivity contribution in [3.63, 3.8) is 0 Å². The van der Waals surface area contributed by atoms with Gasteiger partial charge in [-0.2, -0.15) is 0 Å². The van der Waals surface area contributed by atoms with Gasteiger partial charge in [0, 0.05) is 19.5 Å². The van der Waals surface area contributed by atoms with E-state index in [0.717, 1.165) is 12.1 Å². The predicted octanol–water partition coefficient (Wildman–Crippen LogP) is 2.64. The fourth-order valence-electron chi connectivity index (χ4n) is 1.63. The number of nitrogens with two attached hydrogens (primary N) is 1. The Morgan fingerprint density at radius 3 is 2.37 bits per heavy atom. The van der Waals surface area contributed by atoms with Crippen molar-refractivity contribution in [1.82, 2.24) is 4.90 Å². The van der Waals surface area contributed by atoms with Crippen LogP contribution in [0.1, 0.15) is 31.9 Å².